The van der Waals surface area contributed by atoms with Gasteiger partial charge in [-0.2, -0.15) is 4.99 Å². The molecule has 0 bridgehead atoms. The number of nitrogens with two attached hydrogens (primary N) is 1. The molecule has 1 saturated heterocycles. The number of aliphatic imine (C=N–C) groups is 1. The molecule has 1 fully saturated rings. The highest BCUT2D eigenvalue weighted by Gasteiger charge is 2.56. The van der Waals surface area contributed by atoms with Gasteiger partial charge in [-0.25, -0.2) is 8.78 Å². The Kier molecular flexibility index (Phi) is 4.69. The fraction of sp³-hybridized carbons (Fsp3) is 0.625. The molecule has 1 aliphatic heterocycles. The maximum absolute atomic E-state index is 13.6. The molecular formula is C8H13F2N5O4. The summed E-state index contributed by atoms with van der Waals surface area (Å²) in [6.07, 6.45) is -5.60. The maximum Gasteiger partial charge on any atom is 0.263 e. The fourth-order valence-electron chi connectivity index (χ4n) is 1.35. The monoisotopic (exact) mass is 281 g/mol. The predicted molar refractivity (Wildman–Crippen MR) is 59.5 cm³/mol. The molecule has 108 valence electrons. The van der Waals surface area contributed by atoms with Crippen LogP contribution < -0.4 is 11.1 Å². The number of aliphatic hydroxyl groups excluding tert-OH is 2. The standard InChI is InChI=1S/C8H13F2N5O4/c9-4-5(17)8(10,2-16)19-6(4)14-7(15-18)13-3(12)1-11/h1,4-6,11,16-18H,2H2,(H3,12,13,14,15)/t4-,5+,6-,8-/m1/s1. The summed E-state index contributed by atoms with van der Waals surface area (Å²) in [5.41, 5.74) is 5.14. The molecule has 0 aromatic heterocycles. The van der Waals surface area contributed by atoms with E-state index in [1.807, 2.05) is 5.32 Å². The summed E-state index contributed by atoms with van der Waals surface area (Å²) in [6.45, 7) is -1.26. The smallest absolute Gasteiger partial charge is 0.263 e. The van der Waals surface area contributed by atoms with Crippen LogP contribution in [0.4, 0.5) is 8.78 Å². The van der Waals surface area contributed by atoms with E-state index in [0.717, 1.165) is 0 Å². The van der Waals surface area contributed by atoms with Gasteiger partial charge in [0, 0.05) is 0 Å². The van der Waals surface area contributed by atoms with Crippen LogP contribution >= 0.6 is 0 Å². The Morgan fingerprint density at radius 2 is 2.26 bits per heavy atom. The third-order valence-corrected chi connectivity index (χ3v) is 2.32. The van der Waals surface area contributed by atoms with Gasteiger partial charge in [0.1, 0.15) is 12.4 Å². The average molecular weight is 281 g/mol. The Labute approximate surface area is 105 Å². The molecular weight excluding hydrogens is 268 g/mol. The molecule has 4 atom stereocenters. The quantitative estimate of drug-likeness (QED) is 0.153. The number of nitrogens with zero attached hydrogens (tertiary/aromatic N) is 2. The maximum atomic E-state index is 13.6. The van der Waals surface area contributed by atoms with Crippen molar-refractivity contribution in [2.75, 3.05) is 6.61 Å². The molecule has 19 heavy (non-hydrogen) atoms. The number of alkyl halides is 2. The van der Waals surface area contributed by atoms with Gasteiger partial charge in [-0.15, -0.1) is 0 Å². The molecule has 0 aromatic carbocycles. The number of halogens is 2. The molecule has 7 N–H and O–H groups in total. The van der Waals surface area contributed by atoms with Gasteiger partial charge >= 0.3 is 0 Å². The molecule has 0 saturated carbocycles. The van der Waals surface area contributed by atoms with E-state index in [4.69, 9.17) is 21.5 Å². The third-order valence-electron chi connectivity index (χ3n) is 2.32. The van der Waals surface area contributed by atoms with Crippen molar-refractivity contribution in [1.29, 1.82) is 5.41 Å². The van der Waals surface area contributed by atoms with Crippen LogP contribution in [0.2, 0.25) is 0 Å². The van der Waals surface area contributed by atoms with E-state index in [-0.39, 0.29) is 5.84 Å². The molecule has 0 amide bonds. The van der Waals surface area contributed by atoms with Crippen molar-refractivity contribution in [1.82, 2.24) is 5.32 Å². The van der Waals surface area contributed by atoms with Crippen LogP contribution in [0.25, 0.3) is 0 Å². The summed E-state index contributed by atoms with van der Waals surface area (Å²) in [5, 5.41) is 37.9. The summed E-state index contributed by atoms with van der Waals surface area (Å²) >= 11 is 0. The molecule has 1 rings (SSSR count). The summed E-state index contributed by atoms with van der Waals surface area (Å²) in [6, 6.07) is 0. The predicted octanol–water partition coefficient (Wildman–Crippen LogP) is -1.96. The summed E-state index contributed by atoms with van der Waals surface area (Å²) < 4.78 is 31.6. The first-order chi connectivity index (χ1) is 8.87. The highest BCUT2D eigenvalue weighted by molar-refractivity contribution is 6.29. The first kappa shape index (κ1) is 15.2. The second-order valence-electron chi connectivity index (χ2n) is 3.62. The second kappa shape index (κ2) is 5.86. The molecule has 0 radical (unpaired) electrons. The van der Waals surface area contributed by atoms with E-state index < -0.39 is 36.9 Å². The molecule has 0 spiro atoms. The highest BCUT2D eigenvalue weighted by atomic mass is 19.2. The number of ether oxygens (including phenoxy) is 1. The Bertz CT molecular complexity index is 407. The van der Waals surface area contributed by atoms with Crippen LogP contribution in [-0.4, -0.2) is 64.4 Å². The summed E-state index contributed by atoms with van der Waals surface area (Å²) in [7, 11) is 0. The van der Waals surface area contributed by atoms with Gasteiger partial charge in [-0.3, -0.25) is 0 Å². The zero-order valence-electron chi connectivity index (χ0n) is 9.49. The molecule has 0 aliphatic carbocycles. The first-order valence-corrected chi connectivity index (χ1v) is 5.01. The van der Waals surface area contributed by atoms with Crippen molar-refractivity contribution >= 4 is 18.0 Å². The number of hydrogen-bond acceptors (Lipinski definition) is 6. The van der Waals surface area contributed by atoms with Crippen LogP contribution in [0.5, 0.6) is 0 Å². The Hall–Kier alpha value is -1.85. The Morgan fingerprint density at radius 3 is 2.68 bits per heavy atom. The van der Waals surface area contributed by atoms with E-state index in [1.54, 1.807) is 0 Å². The van der Waals surface area contributed by atoms with E-state index >= 15 is 0 Å². The van der Waals surface area contributed by atoms with Gasteiger partial charge in [0.15, 0.2) is 18.5 Å². The van der Waals surface area contributed by atoms with Crippen molar-refractivity contribution in [3.8, 4) is 0 Å². The van der Waals surface area contributed by atoms with Gasteiger partial charge < -0.3 is 36.6 Å². The number of guanidine groups is 1. The van der Waals surface area contributed by atoms with E-state index in [2.05, 4.69) is 14.9 Å². The van der Waals surface area contributed by atoms with Crippen LogP contribution in [0.3, 0.4) is 0 Å². The van der Waals surface area contributed by atoms with Crippen molar-refractivity contribution in [3.63, 3.8) is 0 Å². The van der Waals surface area contributed by atoms with Crippen LogP contribution in [0.1, 0.15) is 0 Å². The fourth-order valence-corrected chi connectivity index (χ4v) is 1.35. The van der Waals surface area contributed by atoms with E-state index in [0.29, 0.717) is 6.21 Å². The number of nitrogens with one attached hydrogen (secondary N) is 2. The second-order valence-corrected chi connectivity index (χ2v) is 3.62. The number of aliphatic hydroxyl groups is 2. The topological polar surface area (TPSA) is 157 Å². The van der Waals surface area contributed by atoms with Crippen LogP contribution in [0.15, 0.2) is 10.1 Å². The SMILES string of the molecule is N=C/C(N)=N\C(=N/O)N[C@@H]1O[C@](F)(CO)[C@@H](O)[C@H]1F. The summed E-state index contributed by atoms with van der Waals surface area (Å²) in [4.78, 5) is 3.34. The van der Waals surface area contributed by atoms with E-state index in [9.17, 15) is 13.9 Å². The first-order valence-electron chi connectivity index (χ1n) is 5.01. The van der Waals surface area contributed by atoms with Crippen molar-refractivity contribution < 1.29 is 28.9 Å². The van der Waals surface area contributed by atoms with Crippen LogP contribution in [-0.2, 0) is 4.74 Å². The number of rotatable bonds is 3. The molecule has 1 aliphatic rings. The van der Waals surface area contributed by atoms with Crippen molar-refractivity contribution in [2.45, 2.75) is 24.4 Å². The minimum absolute atomic E-state index is 0.372. The molecule has 1 heterocycles. The largest absolute Gasteiger partial charge is 0.408 e. The highest BCUT2D eigenvalue weighted by Crippen LogP contribution is 2.33. The lowest BCUT2D eigenvalue weighted by Crippen LogP contribution is -2.42. The van der Waals surface area contributed by atoms with Gasteiger partial charge in [0.25, 0.3) is 11.8 Å². The minimum Gasteiger partial charge on any atom is -0.408 e. The number of amidine groups is 1. The molecule has 11 heteroatoms. The summed E-state index contributed by atoms with van der Waals surface area (Å²) in [5.74, 6) is -4.00. The molecule has 0 unspecified atom stereocenters. The minimum atomic E-state index is -2.98. The van der Waals surface area contributed by atoms with Gasteiger partial charge in [0.2, 0.25) is 0 Å². The van der Waals surface area contributed by atoms with Crippen molar-refractivity contribution in [2.24, 2.45) is 15.9 Å². The van der Waals surface area contributed by atoms with Gasteiger partial charge in [0.05, 0.1) is 6.21 Å². The lowest BCUT2D eigenvalue weighted by atomic mass is 10.1. The Balaban J connectivity index is 2.81. The third kappa shape index (κ3) is 3.13. The number of hydrogen-bond donors (Lipinski definition) is 6. The van der Waals surface area contributed by atoms with E-state index in [1.165, 1.54) is 0 Å². The molecule has 9 nitrogen and oxygen atoms in total. The zero-order chi connectivity index (χ0) is 14.6. The zero-order valence-corrected chi connectivity index (χ0v) is 9.49. The van der Waals surface area contributed by atoms with Crippen LogP contribution in [0, 0.1) is 5.41 Å². The van der Waals surface area contributed by atoms with Gasteiger partial charge in [-0.1, -0.05) is 0 Å². The molecule has 0 aromatic rings. The van der Waals surface area contributed by atoms with Crippen molar-refractivity contribution in [3.05, 3.63) is 0 Å². The number of oxime groups is 1. The lowest BCUT2D eigenvalue weighted by molar-refractivity contribution is -0.197. The lowest BCUT2D eigenvalue weighted by Gasteiger charge is -2.19. The average Bonchev–Trinajstić information content (AvgIpc) is 2.63. The Morgan fingerprint density at radius 1 is 1.63 bits per heavy atom. The van der Waals surface area contributed by atoms with Gasteiger partial charge in [-0.05, 0) is 5.16 Å². The normalized spacial score (nSPS) is 36.3.